The number of alkyl halides is 1. The molecule has 16 heavy (non-hydrogen) atoms. The molecule has 84 valence electrons. The molecule has 0 saturated carbocycles. The van der Waals surface area contributed by atoms with Gasteiger partial charge in [-0.1, -0.05) is 33.2 Å². The van der Waals surface area contributed by atoms with Crippen LogP contribution in [0.25, 0.3) is 0 Å². The van der Waals surface area contributed by atoms with Crippen LogP contribution >= 0.6 is 27.5 Å². The van der Waals surface area contributed by atoms with E-state index in [1.54, 1.807) is 0 Å². The molecule has 0 saturated heterocycles. The van der Waals surface area contributed by atoms with Gasteiger partial charge in [0.25, 0.3) is 0 Å². The molecule has 2 rings (SSSR count). The van der Waals surface area contributed by atoms with Crippen molar-refractivity contribution in [2.45, 2.75) is 12.8 Å². The van der Waals surface area contributed by atoms with Crippen LogP contribution in [0.15, 0.2) is 33.3 Å². The van der Waals surface area contributed by atoms with Crippen molar-refractivity contribution >= 4 is 27.5 Å². The molecule has 0 amide bonds. The second-order valence-electron chi connectivity index (χ2n) is 3.35. The number of halogens is 2. The molecule has 0 aliphatic rings. The van der Waals surface area contributed by atoms with Gasteiger partial charge in [-0.15, -0.1) is 11.6 Å². The molecular weight excluding hydrogens is 291 g/mol. The number of hydrogen-bond acceptors (Lipinski definition) is 3. The molecule has 0 bridgehead atoms. The van der Waals surface area contributed by atoms with Gasteiger partial charge >= 0.3 is 0 Å². The van der Waals surface area contributed by atoms with Gasteiger partial charge in [-0.3, -0.25) is 0 Å². The topological polar surface area (TPSA) is 38.9 Å². The number of aryl methyl sites for hydroxylation is 1. The molecule has 1 aromatic heterocycles. The summed E-state index contributed by atoms with van der Waals surface area (Å²) in [5.74, 6) is 1.79. The van der Waals surface area contributed by atoms with E-state index in [0.29, 0.717) is 30.4 Å². The lowest BCUT2D eigenvalue weighted by Gasteiger charge is -1.96. The minimum absolute atomic E-state index is 0.499. The number of aromatic nitrogens is 2. The predicted molar refractivity (Wildman–Crippen MR) is 65.7 cm³/mol. The Kier molecular flexibility index (Phi) is 3.96. The molecule has 0 radical (unpaired) electrons. The Morgan fingerprint density at radius 2 is 2.25 bits per heavy atom. The van der Waals surface area contributed by atoms with Crippen LogP contribution in [-0.2, 0) is 12.8 Å². The first-order chi connectivity index (χ1) is 7.78. The molecule has 0 aliphatic carbocycles. The third-order valence-electron chi connectivity index (χ3n) is 2.07. The van der Waals surface area contributed by atoms with Crippen molar-refractivity contribution in [1.29, 1.82) is 0 Å². The Morgan fingerprint density at radius 1 is 1.38 bits per heavy atom. The van der Waals surface area contributed by atoms with E-state index in [9.17, 15) is 0 Å². The highest BCUT2D eigenvalue weighted by Crippen LogP contribution is 2.14. The quantitative estimate of drug-likeness (QED) is 0.814. The van der Waals surface area contributed by atoms with Crippen molar-refractivity contribution in [3.8, 4) is 0 Å². The molecule has 3 nitrogen and oxygen atoms in total. The van der Waals surface area contributed by atoms with Gasteiger partial charge in [0.2, 0.25) is 5.89 Å². The van der Waals surface area contributed by atoms with Gasteiger partial charge in [-0.05, 0) is 17.7 Å². The molecular formula is C11H10BrClN2O. The highest BCUT2D eigenvalue weighted by molar-refractivity contribution is 9.10. The smallest absolute Gasteiger partial charge is 0.227 e. The first-order valence-electron chi connectivity index (χ1n) is 4.90. The zero-order chi connectivity index (χ0) is 11.4. The molecule has 0 fully saturated rings. The third-order valence-corrected chi connectivity index (χ3v) is 2.75. The summed E-state index contributed by atoms with van der Waals surface area (Å²) in [4.78, 5) is 4.25. The summed E-state index contributed by atoms with van der Waals surface area (Å²) >= 11 is 9.02. The molecule has 1 heterocycles. The normalized spacial score (nSPS) is 10.6. The van der Waals surface area contributed by atoms with Gasteiger partial charge in [0, 0.05) is 23.2 Å². The van der Waals surface area contributed by atoms with E-state index in [1.807, 2.05) is 24.3 Å². The number of nitrogens with zero attached hydrogens (tertiary/aromatic N) is 2. The summed E-state index contributed by atoms with van der Waals surface area (Å²) < 4.78 is 6.10. The lowest BCUT2D eigenvalue weighted by Crippen LogP contribution is -1.92. The van der Waals surface area contributed by atoms with Crippen LogP contribution in [0.5, 0.6) is 0 Å². The standard InChI is InChI=1S/C11H10BrClN2O/c12-9-3-1-2-8(6-9)7-10-14-11(4-5-13)16-15-10/h1-3,6H,4-5,7H2. The fraction of sp³-hybridized carbons (Fsp3) is 0.273. The Hall–Kier alpha value is -0.870. The largest absolute Gasteiger partial charge is 0.339 e. The van der Waals surface area contributed by atoms with Gasteiger partial charge in [0.15, 0.2) is 5.82 Å². The van der Waals surface area contributed by atoms with Crippen molar-refractivity contribution in [3.63, 3.8) is 0 Å². The van der Waals surface area contributed by atoms with Crippen LogP contribution in [-0.4, -0.2) is 16.0 Å². The average molecular weight is 302 g/mol. The highest BCUT2D eigenvalue weighted by Gasteiger charge is 2.06. The monoisotopic (exact) mass is 300 g/mol. The number of rotatable bonds is 4. The van der Waals surface area contributed by atoms with Crippen LogP contribution in [0.3, 0.4) is 0 Å². The van der Waals surface area contributed by atoms with Gasteiger partial charge in [0.1, 0.15) is 0 Å². The Labute approximate surface area is 107 Å². The zero-order valence-corrected chi connectivity index (χ0v) is 10.8. The van der Waals surface area contributed by atoms with Crippen molar-refractivity contribution in [3.05, 3.63) is 46.0 Å². The van der Waals surface area contributed by atoms with Crippen molar-refractivity contribution in [2.24, 2.45) is 0 Å². The van der Waals surface area contributed by atoms with E-state index in [-0.39, 0.29) is 0 Å². The van der Waals surface area contributed by atoms with Gasteiger partial charge < -0.3 is 4.52 Å². The minimum Gasteiger partial charge on any atom is -0.339 e. The van der Waals surface area contributed by atoms with Crippen molar-refractivity contribution in [2.75, 3.05) is 5.88 Å². The summed E-state index contributed by atoms with van der Waals surface area (Å²) in [5.41, 5.74) is 1.15. The maximum atomic E-state index is 5.59. The minimum atomic E-state index is 0.499. The summed E-state index contributed by atoms with van der Waals surface area (Å²) in [5, 5.41) is 3.90. The van der Waals surface area contributed by atoms with Crippen molar-refractivity contribution in [1.82, 2.24) is 10.1 Å². The first kappa shape index (κ1) is 11.6. The Bertz CT molecular complexity index is 473. The van der Waals surface area contributed by atoms with Crippen LogP contribution < -0.4 is 0 Å². The molecule has 0 unspecified atom stereocenters. The Balaban J connectivity index is 2.08. The molecule has 0 spiro atoms. The predicted octanol–water partition coefficient (Wildman–Crippen LogP) is 3.20. The third kappa shape index (κ3) is 3.06. The van der Waals surface area contributed by atoms with E-state index < -0.39 is 0 Å². The average Bonchev–Trinajstić information content (AvgIpc) is 2.66. The fourth-order valence-corrected chi connectivity index (χ4v) is 1.98. The molecule has 0 N–H and O–H groups in total. The summed E-state index contributed by atoms with van der Waals surface area (Å²) in [6.45, 7) is 0. The zero-order valence-electron chi connectivity index (χ0n) is 8.49. The maximum absolute atomic E-state index is 5.59. The van der Waals surface area contributed by atoms with E-state index >= 15 is 0 Å². The van der Waals surface area contributed by atoms with Crippen molar-refractivity contribution < 1.29 is 4.52 Å². The SMILES string of the molecule is ClCCc1nc(Cc2cccc(Br)c2)no1. The van der Waals surface area contributed by atoms with Gasteiger partial charge in [-0.25, -0.2) is 0 Å². The van der Waals surface area contributed by atoms with E-state index in [1.165, 1.54) is 0 Å². The molecule has 0 aliphatic heterocycles. The van der Waals surface area contributed by atoms with E-state index in [2.05, 4.69) is 26.1 Å². The maximum Gasteiger partial charge on any atom is 0.227 e. The lowest BCUT2D eigenvalue weighted by molar-refractivity contribution is 0.378. The molecule has 2 aromatic rings. The van der Waals surface area contributed by atoms with Crippen LogP contribution in [0.4, 0.5) is 0 Å². The van der Waals surface area contributed by atoms with Crippen LogP contribution in [0.1, 0.15) is 17.3 Å². The summed E-state index contributed by atoms with van der Waals surface area (Å²) in [7, 11) is 0. The first-order valence-corrected chi connectivity index (χ1v) is 6.22. The molecule has 1 aromatic carbocycles. The molecule has 0 atom stereocenters. The fourth-order valence-electron chi connectivity index (χ4n) is 1.37. The van der Waals surface area contributed by atoms with Gasteiger partial charge in [-0.2, -0.15) is 4.98 Å². The lowest BCUT2D eigenvalue weighted by atomic mass is 10.1. The Morgan fingerprint density at radius 3 is 3.00 bits per heavy atom. The van der Waals surface area contributed by atoms with Crippen LogP contribution in [0, 0.1) is 0 Å². The summed E-state index contributed by atoms with van der Waals surface area (Å²) in [6, 6.07) is 8.04. The van der Waals surface area contributed by atoms with Gasteiger partial charge in [0.05, 0.1) is 0 Å². The van der Waals surface area contributed by atoms with Crippen LogP contribution in [0.2, 0.25) is 0 Å². The van der Waals surface area contributed by atoms with E-state index in [4.69, 9.17) is 16.1 Å². The summed E-state index contributed by atoms with van der Waals surface area (Å²) in [6.07, 6.45) is 1.29. The number of hydrogen-bond donors (Lipinski definition) is 0. The van der Waals surface area contributed by atoms with E-state index in [0.717, 1.165) is 10.0 Å². The number of benzene rings is 1. The highest BCUT2D eigenvalue weighted by atomic mass is 79.9. The second-order valence-corrected chi connectivity index (χ2v) is 4.64. The second kappa shape index (κ2) is 5.46. The molecule has 5 heteroatoms.